The smallest absolute Gasteiger partial charge is 0.226 e. The third-order valence-electron chi connectivity index (χ3n) is 6.03. The summed E-state index contributed by atoms with van der Waals surface area (Å²) in [6.45, 7) is 5.77. The average Bonchev–Trinajstić information content (AvgIpc) is 3.43. The van der Waals surface area contributed by atoms with Gasteiger partial charge in [0, 0.05) is 55.5 Å². The third-order valence-corrected chi connectivity index (χ3v) is 8.21. The largest absolute Gasteiger partial charge is 0.383 e. The molecule has 4 aromatic rings. The molecule has 5 rings (SSSR count). The van der Waals surface area contributed by atoms with E-state index in [4.69, 9.17) is 9.72 Å². The molecule has 3 aromatic heterocycles. The fourth-order valence-corrected chi connectivity index (χ4v) is 6.66. The molecule has 1 aliphatic heterocycles. The number of amides is 1. The number of aryl methyl sites for hydroxylation is 1. The average molecular weight is 508 g/mol. The van der Waals surface area contributed by atoms with E-state index in [9.17, 15) is 4.79 Å². The molecular weight excluding hydrogens is 478 g/mol. The van der Waals surface area contributed by atoms with Crippen molar-refractivity contribution in [2.45, 2.75) is 26.3 Å². The predicted molar refractivity (Wildman–Crippen MR) is 144 cm³/mol. The van der Waals surface area contributed by atoms with Crippen molar-refractivity contribution in [1.82, 2.24) is 20.6 Å². The number of fused-ring (bicyclic) bond motifs is 2. The van der Waals surface area contributed by atoms with Crippen LogP contribution in [0.2, 0.25) is 0 Å². The lowest BCUT2D eigenvalue weighted by Gasteiger charge is -2.13. The van der Waals surface area contributed by atoms with Crippen LogP contribution in [0.4, 0.5) is 5.00 Å². The Morgan fingerprint density at radius 3 is 2.91 bits per heavy atom. The maximum absolute atomic E-state index is 12.7. The quantitative estimate of drug-likeness (QED) is 0.287. The van der Waals surface area contributed by atoms with Gasteiger partial charge in [-0.3, -0.25) is 9.78 Å². The number of hydrogen-bond donors (Lipinski definition) is 3. The Bertz CT molecular complexity index is 1350. The first-order valence-corrected chi connectivity index (χ1v) is 13.4. The van der Waals surface area contributed by atoms with Crippen LogP contribution in [-0.2, 0) is 22.5 Å². The molecule has 3 N–H and O–H groups in total. The monoisotopic (exact) mass is 507 g/mol. The van der Waals surface area contributed by atoms with Crippen molar-refractivity contribution in [3.8, 4) is 21.7 Å². The minimum atomic E-state index is 0.0131. The minimum Gasteiger partial charge on any atom is -0.383 e. The van der Waals surface area contributed by atoms with Gasteiger partial charge in [0.1, 0.15) is 10.0 Å². The van der Waals surface area contributed by atoms with E-state index in [2.05, 4.69) is 45.2 Å². The van der Waals surface area contributed by atoms with Gasteiger partial charge in [0.2, 0.25) is 5.91 Å². The van der Waals surface area contributed by atoms with E-state index >= 15 is 0 Å². The molecule has 1 aliphatic rings. The molecule has 0 saturated carbocycles. The fraction of sp³-hybridized carbons (Fsp3) is 0.346. The lowest BCUT2D eigenvalue weighted by Crippen LogP contribution is -2.24. The molecule has 35 heavy (non-hydrogen) atoms. The van der Waals surface area contributed by atoms with Gasteiger partial charge in [-0.05, 0) is 60.8 Å². The molecule has 0 fully saturated rings. The maximum atomic E-state index is 12.7. The van der Waals surface area contributed by atoms with Crippen molar-refractivity contribution < 1.29 is 9.53 Å². The topological polar surface area (TPSA) is 88.2 Å². The molecule has 0 bridgehead atoms. The number of pyridine rings is 1. The van der Waals surface area contributed by atoms with Gasteiger partial charge < -0.3 is 20.7 Å². The SMILES string of the molecule is COCCNCCC(=O)Nc1sc2c(c1-c1nc3ccc(-c4ccnc(C)c4)cc3s1)CCNC2. The van der Waals surface area contributed by atoms with Crippen molar-refractivity contribution in [2.75, 3.05) is 38.7 Å². The second-order valence-electron chi connectivity index (χ2n) is 8.56. The summed E-state index contributed by atoms with van der Waals surface area (Å²) in [6, 6.07) is 10.5. The highest BCUT2D eigenvalue weighted by Crippen LogP contribution is 2.45. The van der Waals surface area contributed by atoms with Crippen LogP contribution < -0.4 is 16.0 Å². The number of methoxy groups -OCH3 is 1. The van der Waals surface area contributed by atoms with E-state index in [0.29, 0.717) is 19.6 Å². The molecule has 0 saturated heterocycles. The van der Waals surface area contributed by atoms with Gasteiger partial charge in [-0.1, -0.05) is 6.07 Å². The van der Waals surface area contributed by atoms with Crippen molar-refractivity contribution in [3.05, 3.63) is 52.7 Å². The summed E-state index contributed by atoms with van der Waals surface area (Å²) in [6.07, 6.45) is 3.20. The zero-order chi connectivity index (χ0) is 24.2. The maximum Gasteiger partial charge on any atom is 0.226 e. The van der Waals surface area contributed by atoms with E-state index in [1.165, 1.54) is 10.4 Å². The highest BCUT2D eigenvalue weighted by atomic mass is 32.1. The summed E-state index contributed by atoms with van der Waals surface area (Å²) >= 11 is 3.36. The van der Waals surface area contributed by atoms with E-state index in [1.807, 2.05) is 19.2 Å². The van der Waals surface area contributed by atoms with Crippen LogP contribution in [-0.4, -0.2) is 49.2 Å². The number of carbonyl (C=O) groups is 1. The summed E-state index contributed by atoms with van der Waals surface area (Å²) in [5.41, 5.74) is 6.69. The van der Waals surface area contributed by atoms with Gasteiger partial charge in [0.05, 0.1) is 16.8 Å². The normalized spacial score (nSPS) is 13.2. The number of thiazole rings is 1. The highest BCUT2D eigenvalue weighted by molar-refractivity contribution is 7.23. The molecule has 0 spiro atoms. The number of anilines is 1. The number of thiophene rings is 1. The summed E-state index contributed by atoms with van der Waals surface area (Å²) in [4.78, 5) is 23.3. The van der Waals surface area contributed by atoms with Gasteiger partial charge >= 0.3 is 0 Å². The standard InChI is InChI=1S/C26H29N5O2S2/c1-16-13-18(5-10-29-16)17-3-4-20-21(14-17)34-25(30-20)24-19-6-8-28-15-22(19)35-26(24)31-23(32)7-9-27-11-12-33-2/h3-5,10,13-14,27-28H,6-9,11-12,15H2,1-2H3,(H,31,32). The van der Waals surface area contributed by atoms with Crippen LogP contribution in [0.15, 0.2) is 36.5 Å². The molecule has 9 heteroatoms. The van der Waals surface area contributed by atoms with Crippen LogP contribution in [0.5, 0.6) is 0 Å². The van der Waals surface area contributed by atoms with Crippen molar-refractivity contribution in [1.29, 1.82) is 0 Å². The summed E-state index contributed by atoms with van der Waals surface area (Å²) in [5, 5.41) is 11.7. The Labute approximate surface area is 213 Å². The first-order valence-electron chi connectivity index (χ1n) is 11.8. The summed E-state index contributed by atoms with van der Waals surface area (Å²) in [5.74, 6) is 0.0131. The first kappa shape index (κ1) is 24.0. The first-order chi connectivity index (χ1) is 17.1. The number of carbonyl (C=O) groups excluding carboxylic acids is 1. The highest BCUT2D eigenvalue weighted by Gasteiger charge is 2.25. The second kappa shape index (κ2) is 10.9. The van der Waals surface area contributed by atoms with Crippen LogP contribution in [0.1, 0.15) is 22.6 Å². The number of aromatic nitrogens is 2. The Morgan fingerprint density at radius 1 is 1.17 bits per heavy atom. The molecule has 0 aliphatic carbocycles. The number of nitrogens with one attached hydrogen (secondary N) is 3. The molecule has 0 unspecified atom stereocenters. The predicted octanol–water partition coefficient (Wildman–Crippen LogP) is 4.61. The molecule has 182 valence electrons. The van der Waals surface area contributed by atoms with Gasteiger partial charge in [-0.15, -0.1) is 22.7 Å². The second-order valence-corrected chi connectivity index (χ2v) is 10.7. The molecule has 0 radical (unpaired) electrons. The number of ether oxygens (including phenoxy) is 1. The number of hydrogen-bond acceptors (Lipinski definition) is 8. The number of benzene rings is 1. The molecular formula is C26H29N5O2S2. The molecule has 1 amide bonds. The molecule has 0 atom stereocenters. The van der Waals surface area contributed by atoms with E-state index in [-0.39, 0.29) is 5.91 Å². The van der Waals surface area contributed by atoms with Crippen molar-refractivity contribution in [2.24, 2.45) is 0 Å². The van der Waals surface area contributed by atoms with E-state index < -0.39 is 0 Å². The lowest BCUT2D eigenvalue weighted by molar-refractivity contribution is -0.116. The zero-order valence-electron chi connectivity index (χ0n) is 19.9. The lowest BCUT2D eigenvalue weighted by atomic mass is 10.0. The van der Waals surface area contributed by atoms with Crippen LogP contribution >= 0.6 is 22.7 Å². The number of nitrogens with zero attached hydrogens (tertiary/aromatic N) is 2. The van der Waals surface area contributed by atoms with Crippen LogP contribution in [0, 0.1) is 6.92 Å². The van der Waals surface area contributed by atoms with Crippen LogP contribution in [0.3, 0.4) is 0 Å². The van der Waals surface area contributed by atoms with Gasteiger partial charge in [0.25, 0.3) is 0 Å². The Balaban J connectivity index is 1.43. The van der Waals surface area contributed by atoms with Gasteiger partial charge in [-0.25, -0.2) is 4.98 Å². The Hall–Kier alpha value is -2.69. The van der Waals surface area contributed by atoms with Crippen molar-refractivity contribution in [3.63, 3.8) is 0 Å². The molecule has 4 heterocycles. The minimum absolute atomic E-state index is 0.0131. The summed E-state index contributed by atoms with van der Waals surface area (Å²) < 4.78 is 6.18. The van der Waals surface area contributed by atoms with E-state index in [0.717, 1.165) is 68.7 Å². The van der Waals surface area contributed by atoms with Crippen LogP contribution in [0.25, 0.3) is 31.9 Å². The van der Waals surface area contributed by atoms with Gasteiger partial charge in [0.15, 0.2) is 0 Å². The van der Waals surface area contributed by atoms with Gasteiger partial charge in [-0.2, -0.15) is 0 Å². The summed E-state index contributed by atoms with van der Waals surface area (Å²) in [7, 11) is 1.67. The number of rotatable bonds is 9. The van der Waals surface area contributed by atoms with Crippen molar-refractivity contribution >= 4 is 43.8 Å². The van der Waals surface area contributed by atoms with E-state index in [1.54, 1.807) is 29.8 Å². The Morgan fingerprint density at radius 2 is 2.06 bits per heavy atom. The third kappa shape index (κ3) is 5.44. The zero-order valence-corrected chi connectivity index (χ0v) is 21.6. The fourth-order valence-electron chi connectivity index (χ4n) is 4.28. The molecule has 1 aromatic carbocycles. The Kier molecular flexibility index (Phi) is 7.50. The molecule has 7 nitrogen and oxygen atoms in total.